The van der Waals surface area contributed by atoms with Crippen LogP contribution in [0.25, 0.3) is 0 Å². The van der Waals surface area contributed by atoms with E-state index in [2.05, 4.69) is 83.1 Å². The summed E-state index contributed by atoms with van der Waals surface area (Å²) in [5.74, 6) is -0.732. The van der Waals surface area contributed by atoms with Gasteiger partial charge in [-0.25, -0.2) is 0 Å². The molecule has 0 bridgehead atoms. The molecule has 0 aromatic rings. The van der Waals surface area contributed by atoms with E-state index in [0.717, 1.165) is 178 Å². The minimum atomic E-state index is -2.78. The third-order valence-corrected chi connectivity index (χ3v) is 33.7. The van der Waals surface area contributed by atoms with Gasteiger partial charge in [0, 0.05) is 7.26 Å². The average molecular weight is 948 g/mol. The Bertz CT molecular complexity index is 933. The van der Waals surface area contributed by atoms with E-state index >= 15 is 0 Å². The van der Waals surface area contributed by atoms with E-state index in [0.29, 0.717) is 0 Å². The summed E-state index contributed by atoms with van der Waals surface area (Å²) in [4.78, 5) is 29.5. The molecule has 2 unspecified atom stereocenters. The molecule has 0 aliphatic heterocycles. The van der Waals surface area contributed by atoms with Crippen LogP contribution in [0.2, 0.25) is 0 Å². The van der Waals surface area contributed by atoms with Crippen molar-refractivity contribution in [1.82, 2.24) is 0 Å². The summed E-state index contributed by atoms with van der Waals surface area (Å²) in [7, 11) is -0.562. The van der Waals surface area contributed by atoms with Gasteiger partial charge in [0.25, 0.3) is 0 Å². The Balaban J connectivity index is 0.00000189. The molecule has 0 aromatic heterocycles. The van der Waals surface area contributed by atoms with Gasteiger partial charge in [0.1, 0.15) is 0 Å². The van der Waals surface area contributed by atoms with E-state index in [9.17, 15) is 9.59 Å². The number of unbranched alkanes of at least 4 members (excludes halogenated alkanes) is 12. The molecule has 0 radical (unpaired) electrons. The second-order valence-corrected chi connectivity index (χ2v) is 37.1. The Kier molecular flexibility index (Phi) is 36.4. The number of hydrogen-bond acceptors (Lipinski definition) is 4. The smallest absolute Gasteiger partial charge is 0.0594 e. The van der Waals surface area contributed by atoms with Gasteiger partial charge in [0.15, 0.2) is 0 Å². The zero-order valence-electron chi connectivity index (χ0n) is 45.4. The molecule has 0 heterocycles. The van der Waals surface area contributed by atoms with E-state index in [4.69, 9.17) is 9.05 Å². The molecule has 0 spiro atoms. The fraction of sp³-hybridized carbons (Fsp3) is 0.964. The maximum absolute atomic E-state index is 14.7. The predicted octanol–water partition coefficient (Wildman–Crippen LogP) is 19.4. The molecule has 0 N–H and O–H groups in total. The van der Waals surface area contributed by atoms with E-state index in [-0.39, 0.29) is 23.8 Å². The van der Waals surface area contributed by atoms with Crippen molar-refractivity contribution in [3.05, 3.63) is 0 Å². The van der Waals surface area contributed by atoms with Crippen molar-refractivity contribution in [2.45, 2.75) is 263 Å². The first-order valence-corrected chi connectivity index (χ1v) is 37.0. The summed E-state index contributed by atoms with van der Waals surface area (Å²) in [6.45, 7) is 22.1. The van der Waals surface area contributed by atoms with Crippen molar-refractivity contribution in [3.63, 3.8) is 0 Å². The molecular formula is C56H118O4P3+. The summed E-state index contributed by atoms with van der Waals surface area (Å²) < 4.78 is 14.5. The molecule has 63 heavy (non-hydrogen) atoms. The molecule has 0 saturated heterocycles. The first-order valence-electron chi connectivity index (χ1n) is 28.7. The molecule has 1 aliphatic rings. The third-order valence-electron chi connectivity index (χ3n) is 15.6. The van der Waals surface area contributed by atoms with Gasteiger partial charge in [0.2, 0.25) is 0 Å². The molecule has 1 rings (SSSR count). The number of rotatable bonds is 40. The standard InChI is InChI=1S/C40H82O4P2.C16H36P/c1-9-17-29-45(30-18-10-2,31-19-11-3,32-20-12-4)43-39(41)37-27-25-26-28-38(37)40(42)44-46(33-21-13-5,34-22-14-6,35-23-15-7)36-24-16-8;1-5-9-13-17(14-10-6-2,15-11-7-3)16-12-8-4/h37-38H,9-36H2,1-8H3;5-16H2,1-4H3/q;+1. The zero-order valence-corrected chi connectivity index (χ0v) is 48.1. The Hall–Kier alpha value is 0.230. The van der Waals surface area contributed by atoms with Gasteiger partial charge in [-0.05, 0) is 25.7 Å². The fourth-order valence-corrected chi connectivity index (χ4v) is 30.1. The molecule has 1 fully saturated rings. The molecule has 0 aromatic carbocycles. The second-order valence-electron chi connectivity index (χ2n) is 21.3. The monoisotopic (exact) mass is 948 g/mol. The second kappa shape index (κ2) is 36.2. The van der Waals surface area contributed by atoms with E-state index in [1.165, 1.54) is 51.4 Å². The van der Waals surface area contributed by atoms with Crippen molar-refractivity contribution in [2.24, 2.45) is 11.8 Å². The van der Waals surface area contributed by atoms with Gasteiger partial charge in [-0.2, -0.15) is 0 Å². The van der Waals surface area contributed by atoms with Crippen LogP contribution >= 0.6 is 20.9 Å². The fourth-order valence-electron chi connectivity index (χ4n) is 11.2. The summed E-state index contributed by atoms with van der Waals surface area (Å²) >= 11 is 0. The van der Waals surface area contributed by atoms with E-state index in [1.807, 2.05) is 0 Å². The molecule has 1 aliphatic carbocycles. The van der Waals surface area contributed by atoms with Crippen LogP contribution in [0, 0.1) is 11.8 Å². The molecule has 7 heteroatoms. The van der Waals surface area contributed by atoms with Crippen molar-refractivity contribution >= 4 is 32.9 Å². The van der Waals surface area contributed by atoms with Crippen LogP contribution in [0.5, 0.6) is 0 Å². The third kappa shape index (κ3) is 22.9. The van der Waals surface area contributed by atoms with Crippen LogP contribution in [0.4, 0.5) is 0 Å². The Morgan fingerprint density at radius 1 is 0.349 bits per heavy atom. The summed E-state index contributed by atoms with van der Waals surface area (Å²) in [5.41, 5.74) is 0. The van der Waals surface area contributed by atoms with Gasteiger partial charge in [0.05, 0.1) is 24.6 Å². The van der Waals surface area contributed by atoms with Gasteiger partial charge in [-0.15, -0.1) is 0 Å². The van der Waals surface area contributed by atoms with Crippen LogP contribution in [0.1, 0.15) is 263 Å². The quantitative estimate of drug-likeness (QED) is 0.0575. The molecule has 2 atom stereocenters. The molecule has 0 amide bonds. The van der Waals surface area contributed by atoms with Gasteiger partial charge in [-0.1, -0.05) is 53.4 Å². The minimum Gasteiger partial charge on any atom is -0.0652 e. The van der Waals surface area contributed by atoms with Crippen molar-refractivity contribution in [2.75, 3.05) is 73.9 Å². The van der Waals surface area contributed by atoms with Gasteiger partial charge < -0.3 is 0 Å². The van der Waals surface area contributed by atoms with Crippen molar-refractivity contribution in [3.8, 4) is 0 Å². The molecular weight excluding hydrogens is 830 g/mol. The van der Waals surface area contributed by atoms with Crippen LogP contribution in [-0.4, -0.2) is 85.9 Å². The van der Waals surface area contributed by atoms with Crippen molar-refractivity contribution in [1.29, 1.82) is 0 Å². The number of carbonyl (C=O) groups excluding carboxylic acids is 2. The Labute approximate surface area is 398 Å². The van der Waals surface area contributed by atoms with Gasteiger partial charge in [-0.3, -0.25) is 0 Å². The Morgan fingerprint density at radius 2 is 0.540 bits per heavy atom. The maximum Gasteiger partial charge on any atom is 0.0594 e. The van der Waals surface area contributed by atoms with Crippen LogP contribution in [-0.2, 0) is 18.6 Å². The largest absolute Gasteiger partial charge is 0.0652 e. The summed E-state index contributed by atoms with van der Waals surface area (Å²) in [6.07, 6.45) is 48.3. The number of hydrogen-bond donors (Lipinski definition) is 0. The topological polar surface area (TPSA) is 52.6 Å². The Morgan fingerprint density at radius 3 is 0.714 bits per heavy atom. The number of carbonyl (C=O) groups is 2. The normalized spacial score (nSPS) is 17.2. The zero-order chi connectivity index (χ0) is 47.4. The average Bonchev–Trinajstić information content (AvgIpc) is 3.31. The molecule has 4 nitrogen and oxygen atoms in total. The van der Waals surface area contributed by atoms with Crippen LogP contribution < -0.4 is 0 Å². The van der Waals surface area contributed by atoms with Crippen LogP contribution in [0.15, 0.2) is 0 Å². The van der Waals surface area contributed by atoms with Gasteiger partial charge >= 0.3 is 289 Å². The summed E-state index contributed by atoms with van der Waals surface area (Å²) in [5, 5.41) is 0. The van der Waals surface area contributed by atoms with E-state index in [1.54, 1.807) is 24.6 Å². The van der Waals surface area contributed by atoms with E-state index < -0.39 is 20.9 Å². The first-order chi connectivity index (χ1) is 30.3. The minimum absolute atomic E-state index is 0.0247. The molecule has 1 saturated carbocycles. The predicted molar refractivity (Wildman–Crippen MR) is 296 cm³/mol. The summed E-state index contributed by atoms with van der Waals surface area (Å²) in [6, 6.07) is 0. The molecule has 380 valence electrons. The SMILES string of the molecule is CCCCP(CCCC)(CCCC)(CCCC)OC(=O)C1CCCCC1C(=O)OP(CCCC)(CCCC)(CCCC)CCCC.CCCC[P+](CCCC)(CCCC)CCCC. The maximum atomic E-state index is 14.7. The first kappa shape index (κ1) is 63.2. The van der Waals surface area contributed by atoms with Crippen LogP contribution in [0.3, 0.4) is 0 Å². The van der Waals surface area contributed by atoms with Crippen molar-refractivity contribution < 1.29 is 18.6 Å².